The highest BCUT2D eigenvalue weighted by Crippen LogP contribution is 2.54. The van der Waals surface area contributed by atoms with E-state index in [1.807, 2.05) is 75.6 Å². The molecule has 51 heavy (non-hydrogen) atoms. The van der Waals surface area contributed by atoms with E-state index in [2.05, 4.69) is 27.1 Å². The van der Waals surface area contributed by atoms with Crippen molar-refractivity contribution in [1.82, 2.24) is 29.7 Å². The smallest absolute Gasteiger partial charge is 0.411 e. The molecule has 0 spiro atoms. The summed E-state index contributed by atoms with van der Waals surface area (Å²) in [4.78, 5) is 46.4. The molecule has 11 heteroatoms. The summed E-state index contributed by atoms with van der Waals surface area (Å²) in [7, 11) is 0. The van der Waals surface area contributed by atoms with Gasteiger partial charge in [-0.3, -0.25) is 9.80 Å². The Morgan fingerprint density at radius 2 is 1.35 bits per heavy atom. The number of amides is 2. The van der Waals surface area contributed by atoms with Crippen LogP contribution in [0.1, 0.15) is 91.0 Å². The number of carbonyl (C=O) groups is 2. The predicted octanol–water partition coefficient (Wildman–Crippen LogP) is 9.05. The minimum Gasteiger partial charge on any atom is -0.444 e. The zero-order chi connectivity index (χ0) is 35.6. The van der Waals surface area contributed by atoms with E-state index in [1.165, 1.54) is 0 Å². The molecule has 2 aromatic heterocycles. The molecule has 3 aromatic carbocycles. The van der Waals surface area contributed by atoms with E-state index < -0.39 is 11.2 Å². The summed E-state index contributed by atoms with van der Waals surface area (Å²) in [5.74, 6) is 1.96. The van der Waals surface area contributed by atoms with Gasteiger partial charge in [-0.25, -0.2) is 23.9 Å². The number of hydrogen-bond acceptors (Lipinski definition) is 6. The number of carbonyl (C=O) groups excluding carboxylic acids is 2. The number of H-pyrrole nitrogens is 2. The number of imidazole rings is 2. The quantitative estimate of drug-likeness (QED) is 0.194. The van der Waals surface area contributed by atoms with Gasteiger partial charge >= 0.3 is 12.2 Å². The lowest BCUT2D eigenvalue weighted by molar-refractivity contribution is 0.0164. The fraction of sp³-hybridized carbons (Fsp3) is 0.450. The van der Waals surface area contributed by atoms with Crippen LogP contribution in [0.2, 0.25) is 0 Å². The van der Waals surface area contributed by atoms with Gasteiger partial charge in [0.05, 0.1) is 35.0 Å². The summed E-state index contributed by atoms with van der Waals surface area (Å²) in [6.45, 7) is 11.3. The highest BCUT2D eigenvalue weighted by molar-refractivity contribution is 6.05. The maximum atomic E-state index is 15.9. The second kappa shape index (κ2) is 11.0. The van der Waals surface area contributed by atoms with E-state index in [-0.39, 0.29) is 42.2 Å². The van der Waals surface area contributed by atoms with Crippen LogP contribution in [0.5, 0.6) is 0 Å². The molecule has 10 nitrogen and oxygen atoms in total. The molecule has 4 aliphatic rings. The first-order valence-corrected chi connectivity index (χ1v) is 18.0. The summed E-state index contributed by atoms with van der Waals surface area (Å²) in [6, 6.07) is 15.4. The van der Waals surface area contributed by atoms with Crippen molar-refractivity contribution >= 4 is 34.0 Å². The van der Waals surface area contributed by atoms with Crippen LogP contribution in [0.3, 0.4) is 0 Å². The van der Waals surface area contributed by atoms with Crippen molar-refractivity contribution in [2.75, 3.05) is 0 Å². The number of aromatic amines is 2. The number of fused-ring (bicyclic) bond motifs is 5. The number of piperidine rings is 2. The molecule has 2 aliphatic heterocycles. The Labute approximate surface area is 295 Å². The molecule has 2 saturated heterocycles. The van der Waals surface area contributed by atoms with Crippen molar-refractivity contribution in [3.8, 4) is 22.4 Å². The molecule has 0 radical (unpaired) electrons. The van der Waals surface area contributed by atoms with Gasteiger partial charge in [0.2, 0.25) is 0 Å². The fourth-order valence-corrected chi connectivity index (χ4v) is 8.26. The molecule has 2 aliphatic carbocycles. The second-order valence-corrected chi connectivity index (χ2v) is 16.8. The minimum atomic E-state index is -0.590. The number of likely N-dealkylation sites (tertiary alicyclic amines) is 2. The van der Waals surface area contributed by atoms with Crippen molar-refractivity contribution in [3.05, 3.63) is 72.2 Å². The standard InChI is InChI=1S/C40H43FN6O4/c1-39(2,3)50-37(48)46-30-15-23(30)17-32(46)35-42-19-29(44-35)25-11-9-22(14-27(25)41)21-8-7-20-10-12-28-34(26(20)13-21)45-36(43-28)33-18-24-16-31(24)47(33)38(49)51-40(4,5)6/h7-14,19,23-24,30-33H,15-18H2,1-6H3,(H,42,44)(H,43,45)/t23-,24-,30-,31-,32-,33-/m0/s1. The van der Waals surface area contributed by atoms with Gasteiger partial charge in [-0.05, 0) is 120 Å². The van der Waals surface area contributed by atoms with E-state index in [1.54, 1.807) is 18.3 Å². The molecule has 4 fully saturated rings. The van der Waals surface area contributed by atoms with Crippen LogP contribution in [0.4, 0.5) is 14.0 Å². The lowest BCUT2D eigenvalue weighted by atomic mass is 9.99. The SMILES string of the molecule is CC(C)(C)OC(=O)N1[C@H](c2ncc(-c3ccc(-c4ccc5ccc6[nH]c([C@@H]7C[C@@H]8C[C@@H]8N7C(=O)OC(C)(C)C)nc6c5c4)cc3F)[nH]2)C[C@@H]2C[C@@H]21. The Morgan fingerprint density at radius 1 is 0.765 bits per heavy atom. The molecule has 264 valence electrons. The highest BCUT2D eigenvalue weighted by atomic mass is 19.1. The summed E-state index contributed by atoms with van der Waals surface area (Å²) in [6.07, 6.45) is 4.68. The first-order chi connectivity index (χ1) is 24.2. The average molecular weight is 691 g/mol. The maximum Gasteiger partial charge on any atom is 0.411 e. The van der Waals surface area contributed by atoms with Crippen LogP contribution in [0.15, 0.2) is 54.7 Å². The van der Waals surface area contributed by atoms with Crippen LogP contribution < -0.4 is 0 Å². The monoisotopic (exact) mass is 690 g/mol. The summed E-state index contributed by atoms with van der Waals surface area (Å²) >= 11 is 0. The first kappa shape index (κ1) is 32.0. The molecule has 5 aromatic rings. The summed E-state index contributed by atoms with van der Waals surface area (Å²) in [5.41, 5.74) is 3.13. The van der Waals surface area contributed by atoms with Gasteiger partial charge in [-0.2, -0.15) is 0 Å². The molecule has 2 N–H and O–H groups in total. The number of hydrogen-bond donors (Lipinski definition) is 2. The number of halogens is 1. The Morgan fingerprint density at radius 3 is 1.98 bits per heavy atom. The van der Waals surface area contributed by atoms with Gasteiger partial charge in [0.25, 0.3) is 0 Å². The average Bonchev–Trinajstić information content (AvgIpc) is 3.68. The van der Waals surface area contributed by atoms with E-state index in [0.717, 1.165) is 64.4 Å². The Hall–Kier alpha value is -4.93. The Kier molecular flexibility index (Phi) is 6.93. The molecular formula is C40H43FN6O4. The lowest BCUT2D eigenvalue weighted by Crippen LogP contribution is -2.38. The second-order valence-electron chi connectivity index (χ2n) is 16.8. The molecule has 0 unspecified atom stereocenters. The van der Waals surface area contributed by atoms with E-state index in [9.17, 15) is 9.59 Å². The number of rotatable bonds is 4. The molecule has 2 saturated carbocycles. The minimum absolute atomic E-state index is 0.168. The van der Waals surface area contributed by atoms with Crippen molar-refractivity contribution in [2.24, 2.45) is 11.8 Å². The third kappa shape index (κ3) is 5.70. The van der Waals surface area contributed by atoms with Crippen LogP contribution in [0, 0.1) is 17.7 Å². The van der Waals surface area contributed by atoms with E-state index in [0.29, 0.717) is 28.9 Å². The topological polar surface area (TPSA) is 116 Å². The van der Waals surface area contributed by atoms with Crippen molar-refractivity contribution < 1.29 is 23.5 Å². The van der Waals surface area contributed by atoms with Gasteiger partial charge in [0.1, 0.15) is 28.7 Å². The molecule has 9 rings (SSSR count). The number of benzene rings is 3. The number of ether oxygens (including phenoxy) is 2. The van der Waals surface area contributed by atoms with E-state index >= 15 is 4.39 Å². The van der Waals surface area contributed by atoms with Gasteiger partial charge < -0.3 is 19.4 Å². The molecule has 6 atom stereocenters. The maximum absolute atomic E-state index is 15.9. The van der Waals surface area contributed by atoms with Crippen LogP contribution >= 0.6 is 0 Å². The molecule has 2 amide bonds. The van der Waals surface area contributed by atoms with Gasteiger partial charge in [-0.15, -0.1) is 0 Å². The zero-order valence-electron chi connectivity index (χ0n) is 29.8. The van der Waals surface area contributed by atoms with Gasteiger partial charge in [-0.1, -0.05) is 24.3 Å². The van der Waals surface area contributed by atoms with Crippen LogP contribution in [0.25, 0.3) is 44.2 Å². The largest absolute Gasteiger partial charge is 0.444 e. The number of nitrogens with zero attached hydrogens (tertiary/aromatic N) is 4. The Bertz CT molecular complexity index is 2230. The highest BCUT2D eigenvalue weighted by Gasteiger charge is 2.57. The lowest BCUT2D eigenvalue weighted by Gasteiger charge is -2.29. The molecule has 4 heterocycles. The molecular weight excluding hydrogens is 647 g/mol. The third-order valence-corrected chi connectivity index (χ3v) is 10.7. The third-order valence-electron chi connectivity index (χ3n) is 10.7. The van der Waals surface area contributed by atoms with Gasteiger partial charge in [0.15, 0.2) is 0 Å². The van der Waals surface area contributed by atoms with Crippen LogP contribution in [-0.2, 0) is 9.47 Å². The first-order valence-electron chi connectivity index (χ1n) is 18.0. The summed E-state index contributed by atoms with van der Waals surface area (Å²) < 4.78 is 27.3. The van der Waals surface area contributed by atoms with Crippen molar-refractivity contribution in [2.45, 2.75) is 103 Å². The van der Waals surface area contributed by atoms with Crippen molar-refractivity contribution in [3.63, 3.8) is 0 Å². The summed E-state index contributed by atoms with van der Waals surface area (Å²) in [5, 5.41) is 1.97. The normalized spacial score (nSPS) is 25.3. The predicted molar refractivity (Wildman–Crippen MR) is 191 cm³/mol. The van der Waals surface area contributed by atoms with Crippen molar-refractivity contribution in [1.29, 1.82) is 0 Å². The Balaban J connectivity index is 0.983. The van der Waals surface area contributed by atoms with Crippen LogP contribution in [-0.4, -0.2) is 65.2 Å². The van der Waals surface area contributed by atoms with Gasteiger partial charge in [0, 0.05) is 23.0 Å². The fourth-order valence-electron chi connectivity index (χ4n) is 8.26. The van der Waals surface area contributed by atoms with E-state index in [4.69, 9.17) is 14.5 Å². The zero-order valence-corrected chi connectivity index (χ0v) is 29.8. The molecule has 0 bridgehead atoms. The number of nitrogens with one attached hydrogen (secondary N) is 2. The number of aromatic nitrogens is 4.